The van der Waals surface area contributed by atoms with E-state index in [1.54, 1.807) is 6.20 Å². The molecule has 0 atom stereocenters. The van der Waals surface area contributed by atoms with Crippen LogP contribution in [-0.2, 0) is 0 Å². The van der Waals surface area contributed by atoms with Crippen LogP contribution >= 0.6 is 0 Å². The van der Waals surface area contributed by atoms with Gasteiger partial charge >= 0.3 is 0 Å². The van der Waals surface area contributed by atoms with Gasteiger partial charge in [0.05, 0.1) is 0 Å². The smallest absolute Gasteiger partial charge is 0.135 e. The maximum Gasteiger partial charge on any atom is 0.135 e. The van der Waals surface area contributed by atoms with Crippen LogP contribution in [0.1, 0.15) is 23.3 Å². The molecule has 178 valence electrons. The van der Waals surface area contributed by atoms with Crippen LogP contribution in [0.25, 0.3) is 28.8 Å². The SMILES string of the molecule is N\C=C/C(=C\C=C\C/C=C(\N)c1ccccc1)C1=C/C=C/C=C/c2c(oc3ccccc23)/C=C/C=C\1. The summed E-state index contributed by atoms with van der Waals surface area (Å²) >= 11 is 0. The summed E-state index contributed by atoms with van der Waals surface area (Å²) in [6, 6.07) is 18.0. The first-order valence-electron chi connectivity index (χ1n) is 11.9. The van der Waals surface area contributed by atoms with Crippen LogP contribution in [-0.4, -0.2) is 0 Å². The molecule has 1 aliphatic carbocycles. The van der Waals surface area contributed by atoms with Crippen molar-refractivity contribution < 1.29 is 4.42 Å². The van der Waals surface area contributed by atoms with Gasteiger partial charge in [-0.25, -0.2) is 0 Å². The standard InChI is InChI=1S/C33H30N2O/c34-25-24-27(15-5-3-9-21-31(35)28-17-6-1-7-18-28)26-14-4-2-8-19-29-30-20-11-13-23-33(30)36-32(29)22-12-10-16-26/h1-8,10-25H,9,34-35H2/b4-2+,5-3+,8-2?,12-10?,14-4?,16-10-,19-8+,22-12+,25-24-,26-14+,26-16?,27-15+,29-19?,31-21-,32-22?. The molecule has 0 bridgehead atoms. The molecule has 2 aromatic carbocycles. The molecular weight excluding hydrogens is 440 g/mol. The summed E-state index contributed by atoms with van der Waals surface area (Å²) < 4.78 is 6.06. The van der Waals surface area contributed by atoms with Crippen LogP contribution in [0.4, 0.5) is 0 Å². The van der Waals surface area contributed by atoms with Crippen LogP contribution in [0, 0.1) is 0 Å². The molecule has 3 nitrogen and oxygen atoms in total. The Bertz CT molecular complexity index is 1450. The molecule has 0 saturated carbocycles. The van der Waals surface area contributed by atoms with Crippen LogP contribution < -0.4 is 11.5 Å². The Morgan fingerprint density at radius 3 is 2.47 bits per heavy atom. The van der Waals surface area contributed by atoms with E-state index in [1.807, 2.05) is 109 Å². The maximum atomic E-state index is 6.18. The van der Waals surface area contributed by atoms with E-state index in [2.05, 4.69) is 30.4 Å². The Kier molecular flexibility index (Phi) is 8.55. The summed E-state index contributed by atoms with van der Waals surface area (Å²) in [6.45, 7) is 0. The zero-order chi connectivity index (χ0) is 25.0. The fourth-order valence-electron chi connectivity index (χ4n) is 3.85. The monoisotopic (exact) mass is 470 g/mol. The van der Waals surface area contributed by atoms with Crippen molar-refractivity contribution in [1.82, 2.24) is 0 Å². The zero-order valence-electron chi connectivity index (χ0n) is 20.1. The fourth-order valence-corrected chi connectivity index (χ4v) is 3.85. The molecular formula is C33H30N2O. The molecule has 3 aromatic rings. The van der Waals surface area contributed by atoms with Gasteiger partial charge in [0, 0.05) is 16.6 Å². The molecule has 0 saturated heterocycles. The lowest BCUT2D eigenvalue weighted by molar-refractivity contribution is 0.603. The minimum absolute atomic E-state index is 0.735. The first-order chi connectivity index (χ1) is 17.8. The predicted molar refractivity (Wildman–Crippen MR) is 154 cm³/mol. The third-order valence-corrected chi connectivity index (χ3v) is 5.66. The van der Waals surface area contributed by atoms with E-state index >= 15 is 0 Å². The first kappa shape index (κ1) is 24.4. The van der Waals surface area contributed by atoms with Gasteiger partial charge in [0.2, 0.25) is 0 Å². The molecule has 0 aliphatic heterocycles. The van der Waals surface area contributed by atoms with Crippen molar-refractivity contribution in [3.8, 4) is 0 Å². The quantitative estimate of drug-likeness (QED) is 0.360. The van der Waals surface area contributed by atoms with Gasteiger partial charge in [0.15, 0.2) is 0 Å². The van der Waals surface area contributed by atoms with Crippen LogP contribution in [0.15, 0.2) is 149 Å². The van der Waals surface area contributed by atoms with E-state index in [0.29, 0.717) is 0 Å². The molecule has 3 heteroatoms. The number of para-hydroxylation sites is 1. The lowest BCUT2D eigenvalue weighted by atomic mass is 10.0. The Morgan fingerprint density at radius 1 is 0.833 bits per heavy atom. The Morgan fingerprint density at radius 2 is 1.61 bits per heavy atom. The average molecular weight is 471 g/mol. The second-order valence-corrected chi connectivity index (χ2v) is 8.13. The molecule has 0 fully saturated rings. The topological polar surface area (TPSA) is 65.2 Å². The van der Waals surface area contributed by atoms with Gasteiger partial charge in [-0.1, -0.05) is 121 Å². The number of furan rings is 1. The van der Waals surface area contributed by atoms with E-state index in [0.717, 1.165) is 51.1 Å². The summed E-state index contributed by atoms with van der Waals surface area (Å²) in [5.41, 5.74) is 17.7. The number of benzene rings is 2. The van der Waals surface area contributed by atoms with Crippen molar-refractivity contribution in [3.05, 3.63) is 162 Å². The van der Waals surface area contributed by atoms with Crippen molar-refractivity contribution in [3.63, 3.8) is 0 Å². The predicted octanol–water partition coefficient (Wildman–Crippen LogP) is 7.86. The summed E-state index contributed by atoms with van der Waals surface area (Å²) in [5.74, 6) is 0.833. The van der Waals surface area contributed by atoms with Gasteiger partial charge in [-0.05, 0) is 47.5 Å². The van der Waals surface area contributed by atoms with Gasteiger partial charge in [-0.3, -0.25) is 0 Å². The normalized spacial score (nSPS) is 19.8. The van der Waals surface area contributed by atoms with Gasteiger partial charge < -0.3 is 15.9 Å². The highest BCUT2D eigenvalue weighted by Gasteiger charge is 2.08. The summed E-state index contributed by atoms with van der Waals surface area (Å²) in [6.07, 6.45) is 30.6. The van der Waals surface area contributed by atoms with Crippen LogP contribution in [0.5, 0.6) is 0 Å². The average Bonchev–Trinajstić information content (AvgIpc) is 3.25. The molecule has 4 N–H and O–H groups in total. The summed E-state index contributed by atoms with van der Waals surface area (Å²) in [7, 11) is 0. The van der Waals surface area contributed by atoms with Gasteiger partial charge in [-0.2, -0.15) is 0 Å². The number of hydrogen-bond donors (Lipinski definition) is 2. The largest absolute Gasteiger partial charge is 0.456 e. The van der Waals surface area contributed by atoms with E-state index in [4.69, 9.17) is 15.9 Å². The van der Waals surface area contributed by atoms with Gasteiger partial charge in [0.1, 0.15) is 11.3 Å². The fraction of sp³-hybridized carbons (Fsp3) is 0.0303. The molecule has 36 heavy (non-hydrogen) atoms. The highest BCUT2D eigenvalue weighted by Crippen LogP contribution is 2.28. The van der Waals surface area contributed by atoms with E-state index in [1.165, 1.54) is 0 Å². The second-order valence-electron chi connectivity index (χ2n) is 8.13. The third kappa shape index (κ3) is 6.43. The van der Waals surface area contributed by atoms with Crippen molar-refractivity contribution >= 4 is 28.8 Å². The van der Waals surface area contributed by atoms with Crippen molar-refractivity contribution in [2.45, 2.75) is 6.42 Å². The Labute approximate surface area is 212 Å². The number of rotatable bonds is 6. The van der Waals surface area contributed by atoms with E-state index in [-0.39, 0.29) is 0 Å². The molecule has 1 aromatic heterocycles. The van der Waals surface area contributed by atoms with Crippen LogP contribution in [0.2, 0.25) is 0 Å². The minimum Gasteiger partial charge on any atom is -0.456 e. The van der Waals surface area contributed by atoms with Crippen molar-refractivity contribution in [2.24, 2.45) is 11.5 Å². The molecule has 0 unspecified atom stereocenters. The first-order valence-corrected chi connectivity index (χ1v) is 11.9. The van der Waals surface area contributed by atoms with Crippen molar-refractivity contribution in [2.75, 3.05) is 0 Å². The molecule has 1 heterocycles. The highest BCUT2D eigenvalue weighted by molar-refractivity contribution is 5.91. The molecule has 0 spiro atoms. The second kappa shape index (κ2) is 12.6. The molecule has 1 aliphatic rings. The van der Waals surface area contributed by atoms with Gasteiger partial charge in [-0.15, -0.1) is 0 Å². The van der Waals surface area contributed by atoms with Crippen LogP contribution in [0.3, 0.4) is 0 Å². The highest BCUT2D eigenvalue weighted by atomic mass is 16.3. The minimum atomic E-state index is 0.735. The summed E-state index contributed by atoms with van der Waals surface area (Å²) in [5, 5.41) is 1.10. The number of hydrogen-bond acceptors (Lipinski definition) is 3. The van der Waals surface area contributed by atoms with Crippen molar-refractivity contribution in [1.29, 1.82) is 0 Å². The molecule has 4 rings (SSSR count). The molecule has 0 radical (unpaired) electrons. The lowest BCUT2D eigenvalue weighted by Gasteiger charge is -2.02. The maximum absolute atomic E-state index is 6.18. The van der Waals surface area contributed by atoms with E-state index in [9.17, 15) is 0 Å². The van der Waals surface area contributed by atoms with E-state index < -0.39 is 0 Å². The number of nitrogens with two attached hydrogens (primary N) is 2. The zero-order valence-corrected chi connectivity index (χ0v) is 20.1. The summed E-state index contributed by atoms with van der Waals surface area (Å²) in [4.78, 5) is 0. The Hall–Kier alpha value is -4.76. The third-order valence-electron chi connectivity index (χ3n) is 5.66. The Balaban J connectivity index is 1.53. The lowest BCUT2D eigenvalue weighted by Crippen LogP contribution is -1.95. The van der Waals surface area contributed by atoms with Gasteiger partial charge in [0.25, 0.3) is 0 Å². The molecule has 0 amide bonds. The number of fused-ring (bicyclic) bond motifs is 3. The number of allylic oxidation sites excluding steroid dienone is 14.